The van der Waals surface area contributed by atoms with E-state index in [-0.39, 0.29) is 5.41 Å². The molecule has 3 rings (SSSR count). The SMILES string of the molecule is CCCc1ccc(-c2ccc(C(C)C)cc2)cc1Oc1ccc(C(C)(C)C)cc1. The highest BCUT2D eigenvalue weighted by Gasteiger charge is 2.14. The van der Waals surface area contributed by atoms with Crippen LogP contribution in [0.15, 0.2) is 66.7 Å². The molecule has 1 nitrogen and oxygen atoms in total. The Hall–Kier alpha value is -2.54. The minimum Gasteiger partial charge on any atom is -0.457 e. The molecule has 0 aliphatic heterocycles. The van der Waals surface area contributed by atoms with Crippen LogP contribution in [0.1, 0.15) is 70.6 Å². The molecule has 0 aliphatic rings. The van der Waals surface area contributed by atoms with E-state index in [0.29, 0.717) is 5.92 Å². The van der Waals surface area contributed by atoms with E-state index in [1.54, 1.807) is 0 Å². The van der Waals surface area contributed by atoms with Crippen molar-refractivity contribution in [2.45, 2.75) is 65.7 Å². The largest absolute Gasteiger partial charge is 0.457 e. The molecule has 0 amide bonds. The van der Waals surface area contributed by atoms with Gasteiger partial charge in [-0.05, 0) is 63.8 Å². The van der Waals surface area contributed by atoms with Crippen molar-refractivity contribution in [3.05, 3.63) is 83.4 Å². The summed E-state index contributed by atoms with van der Waals surface area (Å²) < 4.78 is 6.35. The van der Waals surface area contributed by atoms with Crippen LogP contribution in [0.2, 0.25) is 0 Å². The maximum atomic E-state index is 6.35. The number of hydrogen-bond acceptors (Lipinski definition) is 1. The van der Waals surface area contributed by atoms with Crippen molar-refractivity contribution in [3.63, 3.8) is 0 Å². The highest BCUT2D eigenvalue weighted by atomic mass is 16.5. The van der Waals surface area contributed by atoms with E-state index in [1.165, 1.54) is 27.8 Å². The molecule has 0 spiro atoms. The molecule has 3 aromatic carbocycles. The summed E-state index contributed by atoms with van der Waals surface area (Å²) >= 11 is 0. The van der Waals surface area contributed by atoms with Gasteiger partial charge in [-0.1, -0.05) is 96.5 Å². The summed E-state index contributed by atoms with van der Waals surface area (Å²) in [5.74, 6) is 2.40. The lowest BCUT2D eigenvalue weighted by Gasteiger charge is -2.19. The zero-order valence-electron chi connectivity index (χ0n) is 18.8. The van der Waals surface area contributed by atoms with E-state index in [9.17, 15) is 0 Å². The van der Waals surface area contributed by atoms with Gasteiger partial charge in [0.2, 0.25) is 0 Å². The maximum Gasteiger partial charge on any atom is 0.131 e. The Morgan fingerprint density at radius 1 is 0.793 bits per heavy atom. The molecule has 0 radical (unpaired) electrons. The average molecular weight is 387 g/mol. The minimum atomic E-state index is 0.147. The third kappa shape index (κ3) is 5.29. The van der Waals surface area contributed by atoms with Gasteiger partial charge in [0.15, 0.2) is 0 Å². The van der Waals surface area contributed by atoms with Crippen LogP contribution < -0.4 is 4.74 Å². The second-order valence-corrected chi connectivity index (χ2v) is 9.23. The molecule has 0 N–H and O–H groups in total. The normalized spacial score (nSPS) is 11.7. The van der Waals surface area contributed by atoms with Crippen LogP contribution in [0, 0.1) is 0 Å². The molecule has 3 aromatic rings. The van der Waals surface area contributed by atoms with E-state index in [0.717, 1.165) is 24.3 Å². The Morgan fingerprint density at radius 3 is 1.97 bits per heavy atom. The van der Waals surface area contributed by atoms with Gasteiger partial charge >= 0.3 is 0 Å². The lowest BCUT2D eigenvalue weighted by molar-refractivity contribution is 0.475. The van der Waals surface area contributed by atoms with E-state index in [4.69, 9.17) is 4.74 Å². The zero-order valence-corrected chi connectivity index (χ0v) is 18.8. The van der Waals surface area contributed by atoms with Crippen LogP contribution in [0.4, 0.5) is 0 Å². The Labute approximate surface area is 176 Å². The van der Waals surface area contributed by atoms with Gasteiger partial charge in [-0.2, -0.15) is 0 Å². The first-order valence-corrected chi connectivity index (χ1v) is 10.8. The molecular formula is C28H34O. The average Bonchev–Trinajstić information content (AvgIpc) is 2.69. The molecule has 0 aliphatic carbocycles. The highest BCUT2D eigenvalue weighted by molar-refractivity contribution is 5.66. The first-order valence-electron chi connectivity index (χ1n) is 10.8. The van der Waals surface area contributed by atoms with Crippen molar-refractivity contribution < 1.29 is 4.74 Å². The minimum absolute atomic E-state index is 0.147. The third-order valence-electron chi connectivity index (χ3n) is 5.45. The molecule has 0 bridgehead atoms. The quantitative estimate of drug-likeness (QED) is 0.412. The van der Waals surface area contributed by atoms with Crippen molar-refractivity contribution in [2.24, 2.45) is 0 Å². The van der Waals surface area contributed by atoms with Gasteiger partial charge in [0.25, 0.3) is 0 Å². The molecule has 0 saturated heterocycles. The molecule has 0 unspecified atom stereocenters. The van der Waals surface area contributed by atoms with Gasteiger partial charge in [-0.25, -0.2) is 0 Å². The summed E-state index contributed by atoms with van der Waals surface area (Å²) in [5.41, 5.74) is 6.51. The van der Waals surface area contributed by atoms with Crippen LogP contribution in [0.3, 0.4) is 0 Å². The van der Waals surface area contributed by atoms with E-state index >= 15 is 0 Å². The zero-order chi connectivity index (χ0) is 21.0. The molecule has 152 valence electrons. The van der Waals surface area contributed by atoms with Crippen LogP contribution in [0.25, 0.3) is 11.1 Å². The second kappa shape index (κ2) is 8.86. The summed E-state index contributed by atoms with van der Waals surface area (Å²) in [4.78, 5) is 0. The van der Waals surface area contributed by atoms with Gasteiger partial charge in [0, 0.05) is 0 Å². The fraction of sp³-hybridized carbons (Fsp3) is 0.357. The topological polar surface area (TPSA) is 9.23 Å². The first-order chi connectivity index (χ1) is 13.8. The third-order valence-corrected chi connectivity index (χ3v) is 5.45. The van der Waals surface area contributed by atoms with Crippen LogP contribution >= 0.6 is 0 Å². The molecule has 0 heterocycles. The monoisotopic (exact) mass is 386 g/mol. The Bertz CT molecular complexity index is 926. The van der Waals surface area contributed by atoms with Crippen molar-refractivity contribution in [2.75, 3.05) is 0 Å². The number of ether oxygens (including phenoxy) is 1. The fourth-order valence-electron chi connectivity index (χ4n) is 3.52. The summed E-state index contributed by atoms with van der Waals surface area (Å²) in [5, 5.41) is 0. The molecular weight excluding hydrogens is 352 g/mol. The number of benzene rings is 3. The second-order valence-electron chi connectivity index (χ2n) is 9.23. The Balaban J connectivity index is 1.91. The van der Waals surface area contributed by atoms with E-state index < -0.39 is 0 Å². The maximum absolute atomic E-state index is 6.35. The van der Waals surface area contributed by atoms with E-state index in [2.05, 4.69) is 108 Å². The van der Waals surface area contributed by atoms with Crippen molar-refractivity contribution in [1.82, 2.24) is 0 Å². The first kappa shape index (κ1) is 21.2. The molecule has 0 aromatic heterocycles. The van der Waals surface area contributed by atoms with Gasteiger partial charge < -0.3 is 4.74 Å². The van der Waals surface area contributed by atoms with Crippen molar-refractivity contribution in [1.29, 1.82) is 0 Å². The Kier molecular flexibility index (Phi) is 6.47. The van der Waals surface area contributed by atoms with Crippen molar-refractivity contribution >= 4 is 0 Å². The molecule has 0 fully saturated rings. The molecule has 1 heteroatoms. The summed E-state index contributed by atoms with van der Waals surface area (Å²) in [7, 11) is 0. The van der Waals surface area contributed by atoms with Crippen LogP contribution in [0.5, 0.6) is 11.5 Å². The number of rotatable bonds is 6. The molecule has 29 heavy (non-hydrogen) atoms. The van der Waals surface area contributed by atoms with E-state index in [1.807, 2.05) is 0 Å². The number of hydrogen-bond donors (Lipinski definition) is 0. The lowest BCUT2D eigenvalue weighted by Crippen LogP contribution is -2.10. The molecule has 0 atom stereocenters. The predicted octanol–water partition coefficient (Wildman–Crippen LogP) is 8.52. The standard InChI is InChI=1S/C28H34O/c1-7-8-23-13-14-24(22-11-9-21(10-12-22)20(2)3)19-27(23)29-26-17-15-25(16-18-26)28(4,5)6/h9-20H,7-8H2,1-6H3. The fourth-order valence-corrected chi connectivity index (χ4v) is 3.52. The summed E-state index contributed by atoms with van der Waals surface area (Å²) in [6.07, 6.45) is 2.11. The smallest absolute Gasteiger partial charge is 0.131 e. The van der Waals surface area contributed by atoms with Gasteiger partial charge in [0.1, 0.15) is 11.5 Å². The number of aryl methyl sites for hydroxylation is 1. The van der Waals surface area contributed by atoms with Crippen LogP contribution in [-0.4, -0.2) is 0 Å². The Morgan fingerprint density at radius 2 is 1.41 bits per heavy atom. The van der Waals surface area contributed by atoms with Crippen LogP contribution in [-0.2, 0) is 11.8 Å². The van der Waals surface area contributed by atoms with Crippen molar-refractivity contribution in [3.8, 4) is 22.6 Å². The molecule has 0 saturated carbocycles. The van der Waals surface area contributed by atoms with Gasteiger partial charge in [0.05, 0.1) is 0 Å². The summed E-state index contributed by atoms with van der Waals surface area (Å²) in [6, 6.07) is 24.0. The lowest BCUT2D eigenvalue weighted by atomic mass is 9.87. The van der Waals surface area contributed by atoms with Gasteiger partial charge in [-0.3, -0.25) is 0 Å². The summed E-state index contributed by atoms with van der Waals surface area (Å²) in [6.45, 7) is 13.4. The predicted molar refractivity (Wildman–Crippen MR) is 125 cm³/mol. The van der Waals surface area contributed by atoms with Gasteiger partial charge in [-0.15, -0.1) is 0 Å². The highest BCUT2D eigenvalue weighted by Crippen LogP contribution is 2.33.